The highest BCUT2D eigenvalue weighted by molar-refractivity contribution is 5.96. The second kappa shape index (κ2) is 4.97. The van der Waals surface area contributed by atoms with Crippen molar-refractivity contribution >= 4 is 11.6 Å². The Balaban J connectivity index is 1.86. The first kappa shape index (κ1) is 12.7. The second-order valence-corrected chi connectivity index (χ2v) is 6.01. The molecule has 3 atom stereocenters. The van der Waals surface area contributed by atoms with Crippen LogP contribution in [0, 0.1) is 5.92 Å². The molecule has 0 saturated heterocycles. The Labute approximate surface area is 114 Å². The average Bonchev–Trinajstić information content (AvgIpc) is 2.86. The van der Waals surface area contributed by atoms with E-state index < -0.39 is 0 Å². The van der Waals surface area contributed by atoms with Gasteiger partial charge in [-0.2, -0.15) is 0 Å². The Morgan fingerprint density at radius 2 is 2.05 bits per heavy atom. The summed E-state index contributed by atoms with van der Waals surface area (Å²) in [6, 6.07) is 8.54. The summed E-state index contributed by atoms with van der Waals surface area (Å²) in [5.74, 6) is 0.967. The number of amides is 1. The van der Waals surface area contributed by atoms with Gasteiger partial charge in [0, 0.05) is 24.2 Å². The molecule has 1 aliphatic heterocycles. The lowest BCUT2D eigenvalue weighted by atomic mass is 9.90. The van der Waals surface area contributed by atoms with Crippen molar-refractivity contribution in [2.45, 2.75) is 44.6 Å². The van der Waals surface area contributed by atoms with Gasteiger partial charge in [0.05, 0.1) is 0 Å². The largest absolute Gasteiger partial charge is 0.328 e. The summed E-state index contributed by atoms with van der Waals surface area (Å²) in [5, 5.41) is 0. The molecule has 1 fully saturated rings. The van der Waals surface area contributed by atoms with Crippen LogP contribution >= 0.6 is 0 Å². The number of benzene rings is 1. The lowest BCUT2D eigenvalue weighted by molar-refractivity contribution is -0.122. The highest BCUT2D eigenvalue weighted by Gasteiger charge is 2.34. The molecule has 0 radical (unpaired) electrons. The molecule has 0 aromatic heterocycles. The van der Waals surface area contributed by atoms with Gasteiger partial charge >= 0.3 is 0 Å². The van der Waals surface area contributed by atoms with E-state index in [2.05, 4.69) is 25.1 Å². The predicted molar refractivity (Wildman–Crippen MR) is 77.1 cm³/mol. The Kier molecular flexibility index (Phi) is 3.31. The Hall–Kier alpha value is -1.35. The molecule has 102 valence electrons. The van der Waals surface area contributed by atoms with Crippen molar-refractivity contribution in [1.82, 2.24) is 0 Å². The van der Waals surface area contributed by atoms with Crippen LogP contribution < -0.4 is 10.6 Å². The van der Waals surface area contributed by atoms with Gasteiger partial charge in [-0.05, 0) is 43.2 Å². The van der Waals surface area contributed by atoms with Crippen molar-refractivity contribution in [3.63, 3.8) is 0 Å². The summed E-state index contributed by atoms with van der Waals surface area (Å²) < 4.78 is 0. The molecule has 2 N–H and O–H groups in total. The third kappa shape index (κ3) is 2.27. The Morgan fingerprint density at radius 3 is 2.79 bits per heavy atom. The third-order valence-corrected chi connectivity index (χ3v) is 4.63. The molecular weight excluding hydrogens is 236 g/mol. The Bertz CT molecular complexity index is 485. The van der Waals surface area contributed by atoms with Crippen molar-refractivity contribution in [3.05, 3.63) is 29.8 Å². The minimum absolute atomic E-state index is 0.136. The molecule has 0 bridgehead atoms. The summed E-state index contributed by atoms with van der Waals surface area (Å²) in [7, 11) is 0. The lowest BCUT2D eigenvalue weighted by Gasteiger charge is -2.34. The normalized spacial score (nSPS) is 30.2. The van der Waals surface area contributed by atoms with Crippen LogP contribution in [-0.4, -0.2) is 18.5 Å². The maximum Gasteiger partial charge on any atom is 0.230 e. The molecule has 19 heavy (non-hydrogen) atoms. The van der Waals surface area contributed by atoms with Crippen LogP contribution in [-0.2, 0) is 4.79 Å². The van der Waals surface area contributed by atoms with E-state index in [0.717, 1.165) is 37.9 Å². The number of fused-ring (bicyclic) bond motifs is 1. The molecule has 1 amide bonds. The second-order valence-electron chi connectivity index (χ2n) is 6.01. The first-order valence-corrected chi connectivity index (χ1v) is 7.32. The molecule has 3 rings (SSSR count). The molecular formula is C16H22N2O. The van der Waals surface area contributed by atoms with Crippen molar-refractivity contribution in [2.24, 2.45) is 11.7 Å². The summed E-state index contributed by atoms with van der Waals surface area (Å²) in [4.78, 5) is 14.7. The first-order valence-electron chi connectivity index (χ1n) is 7.32. The van der Waals surface area contributed by atoms with Crippen molar-refractivity contribution < 1.29 is 4.79 Å². The van der Waals surface area contributed by atoms with Crippen LogP contribution in [0.1, 0.15) is 44.1 Å². The highest BCUT2D eigenvalue weighted by atomic mass is 16.2. The van der Waals surface area contributed by atoms with Crippen LogP contribution in [0.15, 0.2) is 24.3 Å². The molecule has 1 aliphatic carbocycles. The standard InChI is InChI=1S/C16H22N2O/c1-11-8-9-18(15-5-3-2-4-14(11)15)16(19)12-6-7-13(17)10-12/h2-5,11-13H,6-10,17H2,1H3/t11-,12-,13-/m1/s1. The number of rotatable bonds is 1. The fourth-order valence-electron chi connectivity index (χ4n) is 3.44. The van der Waals surface area contributed by atoms with Crippen LogP contribution in [0.5, 0.6) is 0 Å². The first-order chi connectivity index (χ1) is 9.16. The number of nitrogens with two attached hydrogens (primary N) is 1. The van der Waals surface area contributed by atoms with Gasteiger partial charge in [0.25, 0.3) is 0 Å². The molecule has 1 aromatic rings. The quantitative estimate of drug-likeness (QED) is 0.841. The van der Waals surface area contributed by atoms with Gasteiger partial charge in [0.1, 0.15) is 0 Å². The SMILES string of the molecule is C[C@@H]1CCN(C(=O)[C@@H]2CC[C@@H](N)C2)c2ccccc21. The number of hydrogen-bond acceptors (Lipinski definition) is 2. The van der Waals surface area contributed by atoms with Crippen LogP contribution in [0.25, 0.3) is 0 Å². The van der Waals surface area contributed by atoms with Gasteiger partial charge < -0.3 is 10.6 Å². The molecule has 1 saturated carbocycles. The van der Waals surface area contributed by atoms with E-state index in [9.17, 15) is 4.79 Å². The Morgan fingerprint density at radius 1 is 1.26 bits per heavy atom. The molecule has 0 spiro atoms. The fourth-order valence-corrected chi connectivity index (χ4v) is 3.44. The van der Waals surface area contributed by atoms with Crippen LogP contribution in [0.4, 0.5) is 5.69 Å². The third-order valence-electron chi connectivity index (χ3n) is 4.63. The van der Waals surface area contributed by atoms with E-state index in [1.54, 1.807) is 0 Å². The number of anilines is 1. The fraction of sp³-hybridized carbons (Fsp3) is 0.562. The predicted octanol–water partition coefficient (Wildman–Crippen LogP) is 2.65. The van der Waals surface area contributed by atoms with E-state index in [0.29, 0.717) is 5.92 Å². The molecule has 1 aromatic carbocycles. The van der Waals surface area contributed by atoms with Crippen molar-refractivity contribution in [1.29, 1.82) is 0 Å². The summed E-state index contributed by atoms with van der Waals surface area (Å²) in [5.41, 5.74) is 8.37. The summed E-state index contributed by atoms with van der Waals surface area (Å²) in [6.07, 6.45) is 3.85. The minimum Gasteiger partial charge on any atom is -0.328 e. The smallest absolute Gasteiger partial charge is 0.230 e. The number of carbonyl (C=O) groups is 1. The zero-order valence-corrected chi connectivity index (χ0v) is 11.5. The van der Waals surface area contributed by atoms with E-state index in [1.807, 2.05) is 11.0 Å². The maximum absolute atomic E-state index is 12.7. The lowest BCUT2D eigenvalue weighted by Crippen LogP contribution is -2.40. The zero-order chi connectivity index (χ0) is 13.4. The molecule has 2 aliphatic rings. The number of hydrogen-bond donors (Lipinski definition) is 1. The van der Waals surface area contributed by atoms with Crippen molar-refractivity contribution in [2.75, 3.05) is 11.4 Å². The van der Waals surface area contributed by atoms with Crippen LogP contribution in [0.3, 0.4) is 0 Å². The number of para-hydroxylation sites is 1. The zero-order valence-electron chi connectivity index (χ0n) is 11.5. The molecule has 3 nitrogen and oxygen atoms in total. The van der Waals surface area contributed by atoms with Crippen molar-refractivity contribution in [3.8, 4) is 0 Å². The minimum atomic E-state index is 0.136. The van der Waals surface area contributed by atoms with Gasteiger partial charge in [-0.1, -0.05) is 25.1 Å². The van der Waals surface area contributed by atoms with E-state index in [1.165, 1.54) is 5.56 Å². The highest BCUT2D eigenvalue weighted by Crippen LogP contribution is 2.37. The molecule has 3 heteroatoms. The van der Waals surface area contributed by atoms with Gasteiger partial charge in [0.15, 0.2) is 0 Å². The van der Waals surface area contributed by atoms with Gasteiger partial charge in [0.2, 0.25) is 5.91 Å². The molecule has 0 unspecified atom stereocenters. The van der Waals surface area contributed by atoms with Gasteiger partial charge in [-0.3, -0.25) is 4.79 Å². The summed E-state index contributed by atoms with van der Waals surface area (Å²) >= 11 is 0. The van der Waals surface area contributed by atoms with Crippen LogP contribution in [0.2, 0.25) is 0 Å². The topological polar surface area (TPSA) is 46.3 Å². The maximum atomic E-state index is 12.7. The summed E-state index contributed by atoms with van der Waals surface area (Å²) in [6.45, 7) is 3.09. The number of nitrogens with zero attached hydrogens (tertiary/aromatic N) is 1. The monoisotopic (exact) mass is 258 g/mol. The van der Waals surface area contributed by atoms with E-state index in [4.69, 9.17) is 5.73 Å². The molecule has 1 heterocycles. The average molecular weight is 258 g/mol. The number of carbonyl (C=O) groups excluding carboxylic acids is 1. The van der Waals surface area contributed by atoms with Gasteiger partial charge in [-0.25, -0.2) is 0 Å². The van der Waals surface area contributed by atoms with E-state index in [-0.39, 0.29) is 17.9 Å². The van der Waals surface area contributed by atoms with E-state index >= 15 is 0 Å². The van der Waals surface area contributed by atoms with Gasteiger partial charge in [-0.15, -0.1) is 0 Å².